The van der Waals surface area contributed by atoms with Gasteiger partial charge in [-0.15, -0.1) is 0 Å². The zero-order valence-corrected chi connectivity index (χ0v) is 14.2. The predicted molar refractivity (Wildman–Crippen MR) is 85.5 cm³/mol. The summed E-state index contributed by atoms with van der Waals surface area (Å²) in [6.07, 6.45) is 0.783. The lowest BCUT2D eigenvalue weighted by Crippen LogP contribution is -2.45. The highest BCUT2D eigenvalue weighted by molar-refractivity contribution is 7.87. The second-order valence-electron chi connectivity index (χ2n) is 5.08. The van der Waals surface area contributed by atoms with Crippen LogP contribution in [0.25, 0.3) is 0 Å². The smallest absolute Gasteiger partial charge is 0.279 e. The summed E-state index contributed by atoms with van der Waals surface area (Å²) in [5, 5.41) is 10.8. The van der Waals surface area contributed by atoms with E-state index in [9.17, 15) is 13.5 Å². The molecule has 7 heteroatoms. The van der Waals surface area contributed by atoms with Crippen molar-refractivity contribution in [2.45, 2.75) is 38.8 Å². The van der Waals surface area contributed by atoms with Crippen LogP contribution in [0.15, 0.2) is 24.3 Å². The molecule has 0 fully saturated rings. The Bertz CT molecular complexity index is 534. The lowest BCUT2D eigenvalue weighted by atomic mass is 10.0. The fraction of sp³-hybridized carbons (Fsp3) is 0.571. The Labute approximate surface area is 132 Å². The molecule has 2 N–H and O–H groups in total. The summed E-state index contributed by atoms with van der Waals surface area (Å²) in [6, 6.07) is 6.04. The molecule has 0 aliphatic carbocycles. The van der Waals surface area contributed by atoms with E-state index in [1.54, 1.807) is 31.2 Å². The van der Waals surface area contributed by atoms with Gasteiger partial charge < -0.3 is 5.11 Å². The number of aliphatic hydroxyl groups is 1. The summed E-state index contributed by atoms with van der Waals surface area (Å²) < 4.78 is 28.0. The molecule has 0 radical (unpaired) electrons. The number of rotatable bonds is 8. The molecule has 1 rings (SSSR count). The van der Waals surface area contributed by atoms with Gasteiger partial charge in [-0.05, 0) is 31.0 Å². The van der Waals surface area contributed by atoms with E-state index in [0.717, 1.165) is 12.8 Å². The minimum atomic E-state index is -3.60. The lowest BCUT2D eigenvalue weighted by molar-refractivity contribution is 0.145. The second-order valence-corrected chi connectivity index (χ2v) is 7.33. The highest BCUT2D eigenvalue weighted by Gasteiger charge is 2.24. The third-order valence-corrected chi connectivity index (χ3v) is 5.18. The van der Waals surface area contributed by atoms with Crippen LogP contribution in [-0.4, -0.2) is 37.5 Å². The van der Waals surface area contributed by atoms with Gasteiger partial charge in [0.1, 0.15) is 0 Å². The van der Waals surface area contributed by atoms with Crippen molar-refractivity contribution in [3.05, 3.63) is 34.9 Å². The molecule has 0 saturated carbocycles. The quantitative estimate of drug-likeness (QED) is 0.766. The minimum absolute atomic E-state index is 0.454. The maximum Gasteiger partial charge on any atom is 0.279 e. The molecule has 0 aromatic heterocycles. The normalized spacial score (nSPS) is 15.1. The molecule has 5 nitrogen and oxygen atoms in total. The van der Waals surface area contributed by atoms with Crippen LogP contribution in [0, 0.1) is 0 Å². The summed E-state index contributed by atoms with van der Waals surface area (Å²) in [4.78, 5) is 0. The van der Waals surface area contributed by atoms with Crippen molar-refractivity contribution in [2.24, 2.45) is 0 Å². The average Bonchev–Trinajstić information content (AvgIpc) is 2.44. The highest BCUT2D eigenvalue weighted by Crippen LogP contribution is 2.20. The van der Waals surface area contributed by atoms with Crippen LogP contribution < -0.4 is 4.72 Å². The van der Waals surface area contributed by atoms with Crippen LogP contribution in [0.1, 0.15) is 38.4 Å². The summed E-state index contributed by atoms with van der Waals surface area (Å²) in [7, 11) is -2.07. The summed E-state index contributed by atoms with van der Waals surface area (Å²) in [5.74, 6) is 0. The number of hydrogen-bond donors (Lipinski definition) is 2. The molecule has 0 heterocycles. The SMILES string of the molecule is CCCCN(C)S(=O)(=O)NC(C)C(O)c1ccc(Cl)cc1. The third kappa shape index (κ3) is 5.56. The molecule has 0 bridgehead atoms. The topological polar surface area (TPSA) is 69.6 Å². The largest absolute Gasteiger partial charge is 0.387 e. The van der Waals surface area contributed by atoms with Gasteiger partial charge >= 0.3 is 0 Å². The van der Waals surface area contributed by atoms with E-state index in [1.807, 2.05) is 6.92 Å². The molecule has 0 saturated heterocycles. The lowest BCUT2D eigenvalue weighted by Gasteiger charge is -2.24. The van der Waals surface area contributed by atoms with E-state index < -0.39 is 22.4 Å². The van der Waals surface area contributed by atoms with Gasteiger partial charge in [-0.1, -0.05) is 37.1 Å². The summed E-state index contributed by atoms with van der Waals surface area (Å²) in [5.41, 5.74) is 0.616. The van der Waals surface area contributed by atoms with Crippen molar-refractivity contribution in [3.63, 3.8) is 0 Å². The van der Waals surface area contributed by atoms with Gasteiger partial charge in [0.25, 0.3) is 10.2 Å². The Morgan fingerprint density at radius 2 is 1.90 bits per heavy atom. The Kier molecular flexibility index (Phi) is 7.09. The number of nitrogens with one attached hydrogen (secondary N) is 1. The number of aliphatic hydroxyl groups excluding tert-OH is 1. The van der Waals surface area contributed by atoms with E-state index in [4.69, 9.17) is 11.6 Å². The van der Waals surface area contributed by atoms with Crippen LogP contribution in [0.4, 0.5) is 0 Å². The molecule has 2 atom stereocenters. The standard InChI is InChI=1S/C14H23ClN2O3S/c1-4-5-10-17(3)21(19,20)16-11(2)14(18)12-6-8-13(15)9-7-12/h6-9,11,14,16,18H,4-5,10H2,1-3H3. The monoisotopic (exact) mass is 334 g/mol. The molecular formula is C14H23ClN2O3S. The van der Waals surface area contributed by atoms with Gasteiger partial charge in [0.2, 0.25) is 0 Å². The van der Waals surface area contributed by atoms with Crippen LogP contribution in [-0.2, 0) is 10.2 Å². The number of nitrogens with zero attached hydrogens (tertiary/aromatic N) is 1. The Hall–Kier alpha value is -0.660. The first kappa shape index (κ1) is 18.4. The van der Waals surface area contributed by atoms with Crippen LogP contribution in [0.3, 0.4) is 0 Å². The molecule has 0 amide bonds. The second kappa shape index (κ2) is 8.10. The fourth-order valence-electron chi connectivity index (χ4n) is 1.84. The number of halogens is 1. The zero-order valence-electron chi connectivity index (χ0n) is 12.6. The van der Waals surface area contributed by atoms with E-state index in [-0.39, 0.29) is 0 Å². The van der Waals surface area contributed by atoms with Crippen molar-refractivity contribution in [1.29, 1.82) is 0 Å². The van der Waals surface area contributed by atoms with E-state index in [0.29, 0.717) is 17.1 Å². The molecule has 0 aliphatic heterocycles. The molecule has 1 aromatic carbocycles. The number of benzene rings is 1. The maximum absolute atomic E-state index is 12.1. The molecule has 0 spiro atoms. The molecule has 0 aliphatic rings. The van der Waals surface area contributed by atoms with Gasteiger partial charge in [-0.3, -0.25) is 0 Å². The molecule has 21 heavy (non-hydrogen) atoms. The van der Waals surface area contributed by atoms with Gasteiger partial charge in [0, 0.05) is 18.6 Å². The minimum Gasteiger partial charge on any atom is -0.387 e. The van der Waals surface area contributed by atoms with Gasteiger partial charge in [-0.25, -0.2) is 0 Å². The van der Waals surface area contributed by atoms with Gasteiger partial charge in [0.05, 0.1) is 12.1 Å². The fourth-order valence-corrected chi connectivity index (χ4v) is 3.11. The molecule has 120 valence electrons. The molecule has 2 unspecified atom stereocenters. The van der Waals surface area contributed by atoms with Crippen molar-refractivity contribution in [1.82, 2.24) is 9.03 Å². The number of unbranched alkanes of at least 4 members (excludes halogenated alkanes) is 1. The van der Waals surface area contributed by atoms with Crippen LogP contribution in [0.2, 0.25) is 5.02 Å². The molecule has 1 aromatic rings. The highest BCUT2D eigenvalue weighted by atomic mass is 35.5. The summed E-state index contributed by atoms with van der Waals surface area (Å²) in [6.45, 7) is 4.08. The zero-order chi connectivity index (χ0) is 16.0. The predicted octanol–water partition coefficient (Wildman–Crippen LogP) is 2.33. The van der Waals surface area contributed by atoms with Crippen LogP contribution in [0.5, 0.6) is 0 Å². The van der Waals surface area contributed by atoms with E-state index >= 15 is 0 Å². The number of hydrogen-bond acceptors (Lipinski definition) is 3. The van der Waals surface area contributed by atoms with Gasteiger partial charge in [0.15, 0.2) is 0 Å². The van der Waals surface area contributed by atoms with Crippen molar-refractivity contribution in [3.8, 4) is 0 Å². The van der Waals surface area contributed by atoms with E-state index in [2.05, 4.69) is 4.72 Å². The Balaban J connectivity index is 2.70. The molecular weight excluding hydrogens is 312 g/mol. The Morgan fingerprint density at radius 3 is 2.43 bits per heavy atom. The van der Waals surface area contributed by atoms with Crippen molar-refractivity contribution >= 4 is 21.8 Å². The average molecular weight is 335 g/mol. The first-order valence-corrected chi connectivity index (χ1v) is 8.77. The summed E-state index contributed by atoms with van der Waals surface area (Å²) >= 11 is 5.79. The first-order chi connectivity index (χ1) is 9.77. The van der Waals surface area contributed by atoms with Crippen molar-refractivity contribution in [2.75, 3.05) is 13.6 Å². The van der Waals surface area contributed by atoms with Gasteiger partial charge in [-0.2, -0.15) is 17.4 Å². The van der Waals surface area contributed by atoms with Crippen molar-refractivity contribution < 1.29 is 13.5 Å². The van der Waals surface area contributed by atoms with E-state index in [1.165, 1.54) is 11.4 Å². The Morgan fingerprint density at radius 1 is 1.33 bits per heavy atom. The first-order valence-electron chi connectivity index (χ1n) is 6.95. The third-order valence-electron chi connectivity index (χ3n) is 3.26. The maximum atomic E-state index is 12.1. The van der Waals surface area contributed by atoms with Crippen LogP contribution >= 0.6 is 11.6 Å².